The predicted octanol–water partition coefficient (Wildman–Crippen LogP) is 6.78. The van der Waals surface area contributed by atoms with E-state index < -0.39 is 0 Å². The third kappa shape index (κ3) is 4.96. The van der Waals surface area contributed by atoms with E-state index >= 15 is 0 Å². The molecule has 0 aromatic rings. The summed E-state index contributed by atoms with van der Waals surface area (Å²) in [5.74, 6) is 0. The van der Waals surface area contributed by atoms with Crippen molar-refractivity contribution in [3.8, 4) is 0 Å². The van der Waals surface area contributed by atoms with E-state index in [-0.39, 0.29) is 11.5 Å². The maximum Gasteiger partial charge on any atom is 0.110 e. The lowest BCUT2D eigenvalue weighted by molar-refractivity contribution is 0.317. The van der Waals surface area contributed by atoms with Crippen LogP contribution in [-0.4, -0.2) is 12.2 Å². The van der Waals surface area contributed by atoms with Crippen molar-refractivity contribution < 1.29 is 4.74 Å². The Labute approximate surface area is 149 Å². The first kappa shape index (κ1) is 19.2. The number of ether oxygens (including phenoxy) is 1. The minimum Gasteiger partial charge on any atom is -0.360 e. The van der Waals surface area contributed by atoms with Crippen molar-refractivity contribution in [2.24, 2.45) is 10.8 Å². The van der Waals surface area contributed by atoms with Gasteiger partial charge in [-0.05, 0) is 62.0 Å². The summed E-state index contributed by atoms with van der Waals surface area (Å²) in [7, 11) is 0. The molecule has 1 heteroatoms. The fourth-order valence-electron chi connectivity index (χ4n) is 4.13. The highest BCUT2D eigenvalue weighted by atomic mass is 16.6. The van der Waals surface area contributed by atoms with Gasteiger partial charge in [-0.25, -0.2) is 0 Å². The van der Waals surface area contributed by atoms with E-state index in [1.54, 1.807) is 11.1 Å². The highest BCUT2D eigenvalue weighted by Crippen LogP contribution is 2.49. The Balaban J connectivity index is 2.03. The summed E-state index contributed by atoms with van der Waals surface area (Å²) in [5, 5.41) is 0. The molecule has 0 amide bonds. The number of hydrogen-bond donors (Lipinski definition) is 0. The van der Waals surface area contributed by atoms with Gasteiger partial charge in [-0.2, -0.15) is 0 Å². The van der Waals surface area contributed by atoms with Gasteiger partial charge in [0, 0.05) is 0 Å². The molecule has 0 saturated carbocycles. The third-order valence-electron chi connectivity index (χ3n) is 5.15. The molecule has 2 rings (SSSR count). The first-order valence-corrected chi connectivity index (χ1v) is 9.41. The van der Waals surface area contributed by atoms with E-state index in [2.05, 4.69) is 79.7 Å². The molecule has 1 heterocycles. The molecule has 1 nitrogen and oxygen atoms in total. The molecule has 2 aliphatic rings. The van der Waals surface area contributed by atoms with Crippen LogP contribution in [0, 0.1) is 10.8 Å². The lowest BCUT2D eigenvalue weighted by Crippen LogP contribution is -2.24. The highest BCUT2D eigenvalue weighted by Gasteiger charge is 2.48. The molecule has 0 radical (unpaired) electrons. The number of allylic oxidation sites excluding steroid dienone is 6. The van der Waals surface area contributed by atoms with Crippen molar-refractivity contribution >= 4 is 0 Å². The van der Waals surface area contributed by atoms with Crippen LogP contribution in [0.15, 0.2) is 46.6 Å². The molecule has 1 aliphatic heterocycles. The molecule has 2 unspecified atom stereocenters. The van der Waals surface area contributed by atoms with E-state index in [1.807, 2.05) is 0 Å². The number of hydrogen-bond acceptors (Lipinski definition) is 1. The first-order valence-electron chi connectivity index (χ1n) is 9.41. The summed E-state index contributed by atoms with van der Waals surface area (Å²) in [5.41, 5.74) is 6.30. The van der Waals surface area contributed by atoms with Gasteiger partial charge in [0.25, 0.3) is 0 Å². The van der Waals surface area contributed by atoms with Gasteiger partial charge in [0.15, 0.2) is 0 Å². The topological polar surface area (TPSA) is 12.5 Å². The Morgan fingerprint density at radius 2 is 1.88 bits per heavy atom. The molecule has 2 atom stereocenters. The fraction of sp³-hybridized carbons (Fsp3) is 0.652. The minimum atomic E-state index is 0.231. The molecule has 0 N–H and O–H groups in total. The Bertz CT molecular complexity index is 590. The van der Waals surface area contributed by atoms with Crippen LogP contribution in [0.25, 0.3) is 0 Å². The Hall–Kier alpha value is -1.08. The predicted molar refractivity (Wildman–Crippen MR) is 105 cm³/mol. The van der Waals surface area contributed by atoms with Crippen LogP contribution < -0.4 is 0 Å². The largest absolute Gasteiger partial charge is 0.360 e. The zero-order valence-electron chi connectivity index (χ0n) is 17.0. The van der Waals surface area contributed by atoms with Gasteiger partial charge in [-0.15, -0.1) is 0 Å². The Kier molecular flexibility index (Phi) is 5.64. The van der Waals surface area contributed by atoms with Crippen molar-refractivity contribution in [1.29, 1.82) is 0 Å². The number of epoxide rings is 1. The summed E-state index contributed by atoms with van der Waals surface area (Å²) in [6.07, 6.45) is 13.3. The molecule has 24 heavy (non-hydrogen) atoms. The van der Waals surface area contributed by atoms with Gasteiger partial charge >= 0.3 is 0 Å². The average Bonchev–Trinajstić information content (AvgIpc) is 3.15. The van der Waals surface area contributed by atoms with Gasteiger partial charge in [-0.1, -0.05) is 70.1 Å². The molecule has 0 aromatic heterocycles. The molecule has 1 fully saturated rings. The maximum absolute atomic E-state index is 6.09. The second-order valence-corrected chi connectivity index (χ2v) is 9.43. The highest BCUT2D eigenvalue weighted by molar-refractivity contribution is 5.36. The second-order valence-electron chi connectivity index (χ2n) is 9.43. The van der Waals surface area contributed by atoms with Crippen LogP contribution in [0.5, 0.6) is 0 Å². The van der Waals surface area contributed by atoms with Gasteiger partial charge in [0.1, 0.15) is 12.2 Å². The van der Waals surface area contributed by atoms with Crippen molar-refractivity contribution in [1.82, 2.24) is 0 Å². The molecule has 0 bridgehead atoms. The summed E-state index contributed by atoms with van der Waals surface area (Å²) in [6, 6.07) is 0. The normalized spacial score (nSPS) is 28.7. The van der Waals surface area contributed by atoms with Crippen LogP contribution in [0.2, 0.25) is 0 Å². The lowest BCUT2D eigenvalue weighted by atomic mass is 9.71. The molecule has 1 aliphatic carbocycles. The van der Waals surface area contributed by atoms with E-state index in [9.17, 15) is 0 Å². The van der Waals surface area contributed by atoms with E-state index in [0.717, 1.165) is 0 Å². The van der Waals surface area contributed by atoms with E-state index in [0.29, 0.717) is 11.5 Å². The summed E-state index contributed by atoms with van der Waals surface area (Å²) >= 11 is 0. The molecular formula is C23H36O. The van der Waals surface area contributed by atoms with Gasteiger partial charge < -0.3 is 4.74 Å². The fourth-order valence-corrected chi connectivity index (χ4v) is 4.13. The van der Waals surface area contributed by atoms with Crippen molar-refractivity contribution in [2.75, 3.05) is 0 Å². The molecular weight excluding hydrogens is 292 g/mol. The SMILES string of the molecule is CC1=C(C2OC2/C(C)=C/C=C/C(C)=C/C(C)(C)C)C(C)(C)CCC1. The summed E-state index contributed by atoms with van der Waals surface area (Å²) in [4.78, 5) is 0. The van der Waals surface area contributed by atoms with Crippen LogP contribution in [-0.2, 0) is 4.74 Å². The van der Waals surface area contributed by atoms with Crippen molar-refractivity contribution in [3.05, 3.63) is 46.6 Å². The van der Waals surface area contributed by atoms with Crippen LogP contribution in [0.3, 0.4) is 0 Å². The zero-order chi connectivity index (χ0) is 18.1. The number of rotatable bonds is 4. The van der Waals surface area contributed by atoms with E-state index in [4.69, 9.17) is 4.74 Å². The summed E-state index contributed by atoms with van der Waals surface area (Å²) < 4.78 is 6.09. The first-order chi connectivity index (χ1) is 11.0. The van der Waals surface area contributed by atoms with Crippen LogP contribution in [0.1, 0.15) is 74.7 Å². The molecule has 0 spiro atoms. The summed E-state index contributed by atoms with van der Waals surface area (Å²) in [6.45, 7) is 18.1. The maximum atomic E-state index is 6.09. The van der Waals surface area contributed by atoms with Gasteiger partial charge in [0.2, 0.25) is 0 Å². The minimum absolute atomic E-state index is 0.231. The Morgan fingerprint density at radius 3 is 2.46 bits per heavy atom. The van der Waals surface area contributed by atoms with Gasteiger partial charge in [0.05, 0.1) is 0 Å². The average molecular weight is 329 g/mol. The molecule has 1 saturated heterocycles. The molecule has 0 aromatic carbocycles. The Morgan fingerprint density at radius 1 is 1.21 bits per heavy atom. The van der Waals surface area contributed by atoms with Gasteiger partial charge in [-0.3, -0.25) is 0 Å². The third-order valence-corrected chi connectivity index (χ3v) is 5.15. The van der Waals surface area contributed by atoms with Crippen molar-refractivity contribution in [3.63, 3.8) is 0 Å². The monoisotopic (exact) mass is 328 g/mol. The van der Waals surface area contributed by atoms with Crippen LogP contribution in [0.4, 0.5) is 0 Å². The standard InChI is InChI=1S/C23H36O/c1-16(15-22(4,5)6)11-9-12-18(3)20-21(24-20)19-17(2)13-10-14-23(19,7)8/h9,11-12,15,20-21H,10,13-14H2,1-8H3/b11-9+,16-15+,18-12+. The van der Waals surface area contributed by atoms with Crippen LogP contribution >= 0.6 is 0 Å². The van der Waals surface area contributed by atoms with Crippen molar-refractivity contribution in [2.45, 2.75) is 86.9 Å². The molecule has 134 valence electrons. The quantitative estimate of drug-likeness (QED) is 0.315. The lowest BCUT2D eigenvalue weighted by Gasteiger charge is -2.34. The second kappa shape index (κ2) is 7.04. The smallest absolute Gasteiger partial charge is 0.110 e. The zero-order valence-corrected chi connectivity index (χ0v) is 17.0. The van der Waals surface area contributed by atoms with E-state index in [1.165, 1.54) is 30.4 Å².